The summed E-state index contributed by atoms with van der Waals surface area (Å²) in [6.45, 7) is 0.803. The molecular weight excluding hydrogens is 144 g/mol. The van der Waals surface area contributed by atoms with Crippen LogP contribution >= 0.6 is 11.6 Å². The molecule has 0 aliphatic heterocycles. The molecule has 0 aromatic heterocycles. The average molecular weight is 153 g/mol. The third-order valence-corrected chi connectivity index (χ3v) is 1.03. The Labute approximate surface area is 58.0 Å². The first-order chi connectivity index (χ1) is 4.18. The molecule has 0 aromatic rings. The summed E-state index contributed by atoms with van der Waals surface area (Å²) < 4.78 is 0. The Morgan fingerprint density at radius 1 is 1.89 bits per heavy atom. The summed E-state index contributed by atoms with van der Waals surface area (Å²) in [5, 5.41) is 10.6. The van der Waals surface area contributed by atoms with Crippen molar-refractivity contribution >= 4 is 17.6 Å². The molecule has 0 aliphatic rings. The second-order valence-corrected chi connectivity index (χ2v) is 1.88. The SMILES string of the molecule is NCCNC(Cl)C(=O)O. The zero-order valence-corrected chi connectivity index (χ0v) is 5.56. The molecule has 4 N–H and O–H groups in total. The highest BCUT2D eigenvalue weighted by Crippen LogP contribution is 1.87. The van der Waals surface area contributed by atoms with Crippen LogP contribution in [0.3, 0.4) is 0 Å². The minimum absolute atomic E-state index is 0.385. The first kappa shape index (κ1) is 8.68. The number of carbonyl (C=O) groups is 1. The van der Waals surface area contributed by atoms with Gasteiger partial charge in [0.25, 0.3) is 0 Å². The van der Waals surface area contributed by atoms with E-state index in [0.29, 0.717) is 13.1 Å². The summed E-state index contributed by atoms with van der Waals surface area (Å²) in [7, 11) is 0. The van der Waals surface area contributed by atoms with Crippen molar-refractivity contribution in [2.45, 2.75) is 5.50 Å². The Hall–Kier alpha value is -0.320. The van der Waals surface area contributed by atoms with Gasteiger partial charge in [-0.2, -0.15) is 0 Å². The lowest BCUT2D eigenvalue weighted by Crippen LogP contribution is -2.34. The van der Waals surface area contributed by atoms with E-state index in [0.717, 1.165) is 0 Å². The molecule has 0 amide bonds. The molecule has 0 rings (SSSR count). The fourth-order valence-electron chi connectivity index (χ4n) is 0.297. The zero-order valence-electron chi connectivity index (χ0n) is 4.80. The number of carboxylic acid groups (broad SMARTS) is 1. The molecule has 1 atom stereocenters. The summed E-state index contributed by atoms with van der Waals surface area (Å²) in [4.78, 5) is 9.97. The van der Waals surface area contributed by atoms with Crippen LogP contribution in [0.15, 0.2) is 0 Å². The van der Waals surface area contributed by atoms with Crippen LogP contribution in [0.4, 0.5) is 0 Å². The molecule has 0 aromatic carbocycles. The molecule has 54 valence electrons. The maximum atomic E-state index is 9.97. The number of aliphatic carboxylic acids is 1. The smallest absolute Gasteiger partial charge is 0.336 e. The van der Waals surface area contributed by atoms with Crippen LogP contribution in [0.2, 0.25) is 0 Å². The largest absolute Gasteiger partial charge is 0.479 e. The summed E-state index contributed by atoms with van der Waals surface area (Å²) in [5.74, 6) is -1.08. The van der Waals surface area contributed by atoms with Gasteiger partial charge < -0.3 is 10.8 Å². The molecule has 0 radical (unpaired) electrons. The summed E-state index contributed by atoms with van der Waals surface area (Å²) in [6.07, 6.45) is 0. The van der Waals surface area contributed by atoms with E-state index in [1.807, 2.05) is 0 Å². The van der Waals surface area contributed by atoms with Gasteiger partial charge >= 0.3 is 5.97 Å². The molecule has 1 unspecified atom stereocenters. The Morgan fingerprint density at radius 2 is 2.44 bits per heavy atom. The summed E-state index contributed by atoms with van der Waals surface area (Å²) >= 11 is 5.23. The molecule has 0 spiro atoms. The number of hydrogen-bond acceptors (Lipinski definition) is 3. The lowest BCUT2D eigenvalue weighted by Gasteiger charge is -2.03. The average Bonchev–Trinajstić information content (AvgIpc) is 1.82. The molecule has 0 aliphatic carbocycles. The maximum Gasteiger partial charge on any atom is 0.336 e. The molecule has 0 heterocycles. The van der Waals surface area contributed by atoms with Gasteiger partial charge in [-0.3, -0.25) is 5.32 Å². The van der Waals surface area contributed by atoms with E-state index in [9.17, 15) is 4.79 Å². The van der Waals surface area contributed by atoms with Crippen LogP contribution in [-0.2, 0) is 4.79 Å². The van der Waals surface area contributed by atoms with Gasteiger partial charge in [-0.25, -0.2) is 4.79 Å². The van der Waals surface area contributed by atoms with Gasteiger partial charge in [0.1, 0.15) is 0 Å². The number of carboxylic acids is 1. The predicted octanol–water partition coefficient (Wildman–Crippen LogP) is -0.816. The highest BCUT2D eigenvalue weighted by Gasteiger charge is 2.10. The van der Waals surface area contributed by atoms with Crippen molar-refractivity contribution in [3.63, 3.8) is 0 Å². The molecule has 4 nitrogen and oxygen atoms in total. The van der Waals surface area contributed by atoms with Gasteiger partial charge in [-0.05, 0) is 0 Å². The van der Waals surface area contributed by atoms with Crippen molar-refractivity contribution in [2.75, 3.05) is 13.1 Å². The van der Waals surface area contributed by atoms with Crippen molar-refractivity contribution < 1.29 is 9.90 Å². The van der Waals surface area contributed by atoms with E-state index in [4.69, 9.17) is 22.4 Å². The molecule has 0 bridgehead atoms. The van der Waals surface area contributed by atoms with Crippen molar-refractivity contribution in [1.82, 2.24) is 5.32 Å². The first-order valence-corrected chi connectivity index (χ1v) is 2.92. The van der Waals surface area contributed by atoms with Gasteiger partial charge in [0, 0.05) is 13.1 Å². The zero-order chi connectivity index (χ0) is 7.28. The number of nitrogens with one attached hydrogen (secondary N) is 1. The van der Waals surface area contributed by atoms with Crippen LogP contribution in [0.5, 0.6) is 0 Å². The Kier molecular flexibility index (Phi) is 4.39. The second kappa shape index (κ2) is 4.55. The van der Waals surface area contributed by atoms with Gasteiger partial charge in [-0.15, -0.1) is 0 Å². The third-order valence-electron chi connectivity index (χ3n) is 0.685. The fourth-order valence-corrected chi connectivity index (χ4v) is 0.406. The van der Waals surface area contributed by atoms with Crippen molar-refractivity contribution in [2.24, 2.45) is 5.73 Å². The van der Waals surface area contributed by atoms with Crippen LogP contribution in [-0.4, -0.2) is 29.7 Å². The van der Waals surface area contributed by atoms with Gasteiger partial charge in [0.05, 0.1) is 0 Å². The van der Waals surface area contributed by atoms with Gasteiger partial charge in [0.15, 0.2) is 5.50 Å². The van der Waals surface area contributed by atoms with Crippen molar-refractivity contribution in [3.8, 4) is 0 Å². The topological polar surface area (TPSA) is 75.3 Å². The van der Waals surface area contributed by atoms with Gasteiger partial charge in [-0.1, -0.05) is 11.6 Å². The highest BCUT2D eigenvalue weighted by molar-refractivity contribution is 6.29. The number of nitrogens with two attached hydrogens (primary N) is 1. The van der Waals surface area contributed by atoms with Crippen molar-refractivity contribution in [3.05, 3.63) is 0 Å². The molecule has 0 saturated carbocycles. The van der Waals surface area contributed by atoms with Crippen LogP contribution in [0, 0.1) is 0 Å². The maximum absolute atomic E-state index is 9.97. The standard InChI is InChI=1S/C4H9ClN2O2/c5-3(4(8)9)7-2-1-6/h3,7H,1-2,6H2,(H,8,9). The Bertz CT molecular complexity index is 98.6. The van der Waals surface area contributed by atoms with E-state index in [2.05, 4.69) is 5.32 Å². The quantitative estimate of drug-likeness (QED) is 0.364. The lowest BCUT2D eigenvalue weighted by molar-refractivity contribution is -0.137. The minimum atomic E-state index is -1.08. The van der Waals surface area contributed by atoms with E-state index < -0.39 is 11.5 Å². The first-order valence-electron chi connectivity index (χ1n) is 2.49. The van der Waals surface area contributed by atoms with E-state index >= 15 is 0 Å². The molecule has 9 heavy (non-hydrogen) atoms. The fraction of sp³-hybridized carbons (Fsp3) is 0.750. The third kappa shape index (κ3) is 4.20. The Morgan fingerprint density at radius 3 is 2.78 bits per heavy atom. The van der Waals surface area contributed by atoms with E-state index in [1.165, 1.54) is 0 Å². The predicted molar refractivity (Wildman–Crippen MR) is 34.3 cm³/mol. The number of hydrogen-bond donors (Lipinski definition) is 3. The van der Waals surface area contributed by atoms with Crippen LogP contribution < -0.4 is 11.1 Å². The normalized spacial score (nSPS) is 13.1. The molecule has 5 heteroatoms. The molecular formula is C4H9ClN2O2. The van der Waals surface area contributed by atoms with Crippen LogP contribution in [0.25, 0.3) is 0 Å². The van der Waals surface area contributed by atoms with E-state index in [1.54, 1.807) is 0 Å². The highest BCUT2D eigenvalue weighted by atomic mass is 35.5. The monoisotopic (exact) mass is 152 g/mol. The van der Waals surface area contributed by atoms with Gasteiger partial charge in [0.2, 0.25) is 0 Å². The molecule has 0 fully saturated rings. The van der Waals surface area contributed by atoms with Crippen molar-refractivity contribution in [1.29, 1.82) is 0 Å². The number of rotatable bonds is 4. The summed E-state index contributed by atoms with van der Waals surface area (Å²) in [5.41, 5.74) is 4.04. The number of alkyl halides is 1. The lowest BCUT2D eigenvalue weighted by atomic mass is 10.6. The second-order valence-electron chi connectivity index (χ2n) is 1.44. The van der Waals surface area contributed by atoms with E-state index in [-0.39, 0.29) is 0 Å². The summed E-state index contributed by atoms with van der Waals surface area (Å²) in [6, 6.07) is 0. The number of halogens is 1. The Balaban J connectivity index is 3.27. The molecule has 0 saturated heterocycles. The minimum Gasteiger partial charge on any atom is -0.479 e. The van der Waals surface area contributed by atoms with Crippen LogP contribution in [0.1, 0.15) is 0 Å².